The molecule has 0 bridgehead atoms. The summed E-state index contributed by atoms with van der Waals surface area (Å²) in [6, 6.07) is 0. The van der Waals surface area contributed by atoms with Crippen LogP contribution in [-0.2, 0) is 20.7 Å². The monoisotopic (exact) mass is 268 g/mol. The Hall–Kier alpha value is -1.92. The normalized spacial score (nSPS) is 23.0. The summed E-state index contributed by atoms with van der Waals surface area (Å²) < 4.78 is 9.94. The Kier molecular flexibility index (Phi) is 4.13. The van der Waals surface area contributed by atoms with Gasteiger partial charge in [-0.1, -0.05) is 0 Å². The lowest BCUT2D eigenvalue weighted by molar-refractivity contribution is -0.143. The highest BCUT2D eigenvalue weighted by Gasteiger charge is 2.29. The summed E-state index contributed by atoms with van der Waals surface area (Å²) in [6.45, 7) is 0. The van der Waals surface area contributed by atoms with E-state index in [1.54, 1.807) is 0 Å². The number of nitrogens with zero attached hydrogens (tertiary/aromatic N) is 2. The van der Waals surface area contributed by atoms with Crippen molar-refractivity contribution in [2.24, 2.45) is 5.92 Å². The second kappa shape index (κ2) is 5.81. The van der Waals surface area contributed by atoms with E-state index in [9.17, 15) is 9.59 Å². The van der Waals surface area contributed by atoms with Gasteiger partial charge in [-0.05, 0) is 25.7 Å². The van der Waals surface area contributed by atoms with Crippen LogP contribution in [-0.4, -0.2) is 34.4 Å². The fraction of sp³-hybridized carbons (Fsp3) is 0.667. The van der Waals surface area contributed by atoms with Crippen molar-refractivity contribution in [3.63, 3.8) is 0 Å². The summed E-state index contributed by atoms with van der Waals surface area (Å²) >= 11 is 0. The van der Waals surface area contributed by atoms with Crippen LogP contribution < -0.4 is 0 Å². The molecule has 1 saturated carbocycles. The van der Waals surface area contributed by atoms with Crippen LogP contribution in [0, 0.1) is 5.92 Å². The first kappa shape index (κ1) is 13.5. The fourth-order valence-corrected chi connectivity index (χ4v) is 2.29. The molecule has 0 aromatic carbocycles. The Labute approximate surface area is 110 Å². The first-order valence-corrected chi connectivity index (χ1v) is 6.22. The zero-order chi connectivity index (χ0) is 13.8. The number of esters is 1. The van der Waals surface area contributed by atoms with Crippen molar-refractivity contribution in [2.45, 2.75) is 38.0 Å². The van der Waals surface area contributed by atoms with Gasteiger partial charge in [-0.2, -0.15) is 0 Å². The van der Waals surface area contributed by atoms with Crippen molar-refractivity contribution in [2.75, 3.05) is 7.11 Å². The van der Waals surface area contributed by atoms with Gasteiger partial charge in [0.1, 0.15) is 6.42 Å². The second-order valence-electron chi connectivity index (χ2n) is 4.67. The van der Waals surface area contributed by atoms with Crippen LogP contribution in [0.2, 0.25) is 0 Å². The lowest BCUT2D eigenvalue weighted by Crippen LogP contribution is -2.20. The minimum atomic E-state index is -0.740. The number of hydrogen-bond acceptors (Lipinski definition) is 6. The third-order valence-corrected chi connectivity index (χ3v) is 3.43. The SMILES string of the molecule is COC(=O)Cc1nnc(C2CCC(C(=O)O)CC2)o1. The van der Waals surface area contributed by atoms with Crippen molar-refractivity contribution >= 4 is 11.9 Å². The number of aliphatic carboxylic acids is 1. The average Bonchev–Trinajstić information content (AvgIpc) is 2.87. The molecule has 1 aromatic rings. The highest BCUT2D eigenvalue weighted by molar-refractivity contribution is 5.71. The Morgan fingerprint density at radius 2 is 2.00 bits per heavy atom. The predicted octanol–water partition coefficient (Wildman–Crippen LogP) is 1.14. The molecule has 7 nitrogen and oxygen atoms in total. The molecule has 1 aliphatic carbocycles. The van der Waals surface area contributed by atoms with Crippen LogP contribution >= 0.6 is 0 Å². The van der Waals surface area contributed by atoms with Crippen molar-refractivity contribution in [3.05, 3.63) is 11.8 Å². The number of methoxy groups -OCH3 is 1. The summed E-state index contributed by atoms with van der Waals surface area (Å²) in [5.74, 6) is -0.617. The predicted molar refractivity (Wildman–Crippen MR) is 62.4 cm³/mol. The molecule has 0 saturated heterocycles. The number of carboxylic acids is 1. The van der Waals surface area contributed by atoms with E-state index < -0.39 is 11.9 Å². The summed E-state index contributed by atoms with van der Waals surface area (Å²) in [4.78, 5) is 21.9. The molecule has 0 unspecified atom stereocenters. The largest absolute Gasteiger partial charge is 0.481 e. The van der Waals surface area contributed by atoms with Gasteiger partial charge in [-0.25, -0.2) is 0 Å². The van der Waals surface area contributed by atoms with Crippen LogP contribution in [0.5, 0.6) is 0 Å². The molecule has 1 fully saturated rings. The van der Waals surface area contributed by atoms with Gasteiger partial charge < -0.3 is 14.3 Å². The molecule has 0 radical (unpaired) electrons. The molecule has 0 amide bonds. The molecule has 1 heterocycles. The van der Waals surface area contributed by atoms with E-state index in [0.29, 0.717) is 18.7 Å². The Balaban J connectivity index is 1.93. The van der Waals surface area contributed by atoms with Crippen LogP contribution in [0.25, 0.3) is 0 Å². The Bertz CT molecular complexity index is 462. The van der Waals surface area contributed by atoms with Crippen LogP contribution in [0.3, 0.4) is 0 Å². The molecular formula is C12H16N2O5. The maximum atomic E-state index is 11.1. The molecule has 19 heavy (non-hydrogen) atoms. The number of carboxylic acid groups (broad SMARTS) is 1. The summed E-state index contributed by atoms with van der Waals surface area (Å²) in [5, 5.41) is 16.6. The molecule has 0 spiro atoms. The van der Waals surface area contributed by atoms with Crippen molar-refractivity contribution in [1.82, 2.24) is 10.2 Å². The van der Waals surface area contributed by atoms with Gasteiger partial charge in [0.15, 0.2) is 0 Å². The van der Waals surface area contributed by atoms with E-state index in [-0.39, 0.29) is 24.1 Å². The summed E-state index contributed by atoms with van der Waals surface area (Å²) in [5.41, 5.74) is 0. The summed E-state index contributed by atoms with van der Waals surface area (Å²) in [6.07, 6.45) is 2.64. The van der Waals surface area contributed by atoms with Gasteiger partial charge in [0, 0.05) is 5.92 Å². The van der Waals surface area contributed by atoms with Gasteiger partial charge in [0.2, 0.25) is 11.8 Å². The van der Waals surface area contributed by atoms with Gasteiger partial charge in [0.25, 0.3) is 0 Å². The van der Waals surface area contributed by atoms with Gasteiger partial charge in [-0.3, -0.25) is 9.59 Å². The van der Waals surface area contributed by atoms with Gasteiger partial charge >= 0.3 is 11.9 Å². The molecule has 0 aliphatic heterocycles. The minimum Gasteiger partial charge on any atom is -0.481 e. The summed E-state index contributed by atoms with van der Waals surface area (Å²) in [7, 11) is 1.30. The van der Waals surface area contributed by atoms with Crippen molar-refractivity contribution < 1.29 is 23.8 Å². The van der Waals surface area contributed by atoms with E-state index >= 15 is 0 Å². The van der Waals surface area contributed by atoms with E-state index in [4.69, 9.17) is 9.52 Å². The quantitative estimate of drug-likeness (QED) is 0.817. The fourth-order valence-electron chi connectivity index (χ4n) is 2.29. The number of aromatic nitrogens is 2. The second-order valence-corrected chi connectivity index (χ2v) is 4.67. The lowest BCUT2D eigenvalue weighted by atomic mass is 9.82. The van der Waals surface area contributed by atoms with Crippen molar-refractivity contribution in [1.29, 1.82) is 0 Å². The number of carbonyl (C=O) groups excluding carboxylic acids is 1. The third-order valence-electron chi connectivity index (χ3n) is 3.43. The maximum absolute atomic E-state index is 11.1. The van der Waals surface area contributed by atoms with Crippen LogP contribution in [0.1, 0.15) is 43.4 Å². The molecule has 7 heteroatoms. The molecule has 1 N–H and O–H groups in total. The molecule has 1 aromatic heterocycles. The minimum absolute atomic E-state index is 0.0338. The third kappa shape index (κ3) is 3.30. The van der Waals surface area contributed by atoms with E-state index in [1.165, 1.54) is 7.11 Å². The van der Waals surface area contributed by atoms with E-state index in [0.717, 1.165) is 12.8 Å². The first-order valence-electron chi connectivity index (χ1n) is 6.22. The van der Waals surface area contributed by atoms with E-state index in [2.05, 4.69) is 14.9 Å². The zero-order valence-electron chi connectivity index (χ0n) is 10.7. The lowest BCUT2D eigenvalue weighted by Gasteiger charge is -2.23. The van der Waals surface area contributed by atoms with Crippen molar-refractivity contribution in [3.8, 4) is 0 Å². The smallest absolute Gasteiger partial charge is 0.315 e. The molecule has 0 atom stereocenters. The number of carbonyl (C=O) groups is 2. The Morgan fingerprint density at radius 1 is 1.32 bits per heavy atom. The zero-order valence-corrected chi connectivity index (χ0v) is 10.7. The van der Waals surface area contributed by atoms with Crippen LogP contribution in [0.4, 0.5) is 0 Å². The molecular weight excluding hydrogens is 252 g/mol. The van der Waals surface area contributed by atoms with Gasteiger partial charge in [-0.15, -0.1) is 10.2 Å². The Morgan fingerprint density at radius 3 is 2.58 bits per heavy atom. The van der Waals surface area contributed by atoms with Gasteiger partial charge in [0.05, 0.1) is 13.0 Å². The first-order chi connectivity index (χ1) is 9.10. The highest BCUT2D eigenvalue weighted by atomic mass is 16.5. The standard InChI is InChI=1S/C12H16N2O5/c1-18-10(15)6-9-13-14-11(19-9)7-2-4-8(5-3-7)12(16)17/h7-8H,2-6H2,1H3,(H,16,17). The maximum Gasteiger partial charge on any atom is 0.315 e. The number of ether oxygens (including phenoxy) is 1. The van der Waals surface area contributed by atoms with E-state index in [1.807, 2.05) is 0 Å². The molecule has 2 rings (SSSR count). The highest BCUT2D eigenvalue weighted by Crippen LogP contribution is 2.35. The topological polar surface area (TPSA) is 103 Å². The number of rotatable bonds is 4. The average molecular weight is 268 g/mol. The van der Waals surface area contributed by atoms with Crippen LogP contribution in [0.15, 0.2) is 4.42 Å². The molecule has 1 aliphatic rings. The molecule has 104 valence electrons. The number of hydrogen-bond donors (Lipinski definition) is 1.